The van der Waals surface area contributed by atoms with E-state index in [2.05, 4.69) is 10.3 Å². The van der Waals surface area contributed by atoms with Crippen molar-refractivity contribution in [3.63, 3.8) is 0 Å². The van der Waals surface area contributed by atoms with Crippen molar-refractivity contribution in [3.8, 4) is 0 Å². The fourth-order valence-corrected chi connectivity index (χ4v) is 2.19. The van der Waals surface area contributed by atoms with Crippen LogP contribution in [0.1, 0.15) is 0 Å². The summed E-state index contributed by atoms with van der Waals surface area (Å²) in [6.07, 6.45) is 1.61. The Balaban J connectivity index is 2.12. The number of nitro groups is 1. The number of aromatic nitrogens is 1. The molecule has 6 nitrogen and oxygen atoms in total. The molecule has 0 spiro atoms. The molecule has 0 bridgehead atoms. The standard InChI is InChI=1S/C15H12N4O2/c16-10-3-1-4-11(9-10)18-13-6-7-14(19(20)21)12-5-2-8-17-15(12)13/h1-9,18H,16H2. The molecule has 0 atom stereocenters. The van der Waals surface area contributed by atoms with E-state index < -0.39 is 4.92 Å². The van der Waals surface area contributed by atoms with Crippen LogP contribution in [-0.2, 0) is 0 Å². The highest BCUT2D eigenvalue weighted by Crippen LogP contribution is 2.31. The van der Waals surface area contributed by atoms with Crippen LogP contribution >= 0.6 is 0 Å². The molecular weight excluding hydrogens is 268 g/mol. The van der Waals surface area contributed by atoms with Crippen molar-refractivity contribution < 1.29 is 4.92 Å². The fraction of sp³-hybridized carbons (Fsp3) is 0. The molecule has 0 radical (unpaired) electrons. The van der Waals surface area contributed by atoms with E-state index in [0.717, 1.165) is 5.69 Å². The first kappa shape index (κ1) is 12.9. The van der Waals surface area contributed by atoms with E-state index in [9.17, 15) is 10.1 Å². The molecule has 0 saturated carbocycles. The zero-order valence-electron chi connectivity index (χ0n) is 11.0. The van der Waals surface area contributed by atoms with Crippen molar-refractivity contribution in [2.24, 2.45) is 0 Å². The van der Waals surface area contributed by atoms with Gasteiger partial charge in [-0.05, 0) is 36.4 Å². The second-order valence-electron chi connectivity index (χ2n) is 4.54. The molecule has 0 aliphatic heterocycles. The largest absolute Gasteiger partial charge is 0.399 e. The minimum absolute atomic E-state index is 0.0382. The van der Waals surface area contributed by atoms with Crippen molar-refractivity contribution in [2.75, 3.05) is 11.1 Å². The molecule has 104 valence electrons. The summed E-state index contributed by atoms with van der Waals surface area (Å²) in [7, 11) is 0. The average Bonchev–Trinajstić information content (AvgIpc) is 2.47. The third-order valence-electron chi connectivity index (χ3n) is 3.11. The van der Waals surface area contributed by atoms with Gasteiger partial charge in [0.15, 0.2) is 0 Å². The predicted octanol–water partition coefficient (Wildman–Crippen LogP) is 3.47. The number of hydrogen-bond acceptors (Lipinski definition) is 5. The third kappa shape index (κ3) is 2.46. The monoisotopic (exact) mass is 280 g/mol. The van der Waals surface area contributed by atoms with Crippen LogP contribution in [0.4, 0.5) is 22.7 Å². The van der Waals surface area contributed by atoms with Crippen LogP contribution in [0.15, 0.2) is 54.7 Å². The molecule has 0 saturated heterocycles. The van der Waals surface area contributed by atoms with Crippen LogP contribution in [0.5, 0.6) is 0 Å². The first-order chi connectivity index (χ1) is 10.1. The lowest BCUT2D eigenvalue weighted by atomic mass is 10.1. The Bertz CT molecular complexity index is 833. The predicted molar refractivity (Wildman–Crippen MR) is 82.5 cm³/mol. The van der Waals surface area contributed by atoms with Gasteiger partial charge in [-0.3, -0.25) is 15.1 Å². The minimum Gasteiger partial charge on any atom is -0.399 e. The van der Waals surface area contributed by atoms with E-state index >= 15 is 0 Å². The normalized spacial score (nSPS) is 10.5. The van der Waals surface area contributed by atoms with E-state index in [0.29, 0.717) is 22.3 Å². The lowest BCUT2D eigenvalue weighted by Crippen LogP contribution is -1.96. The number of rotatable bonds is 3. The van der Waals surface area contributed by atoms with Gasteiger partial charge in [0, 0.05) is 23.6 Å². The maximum Gasteiger partial charge on any atom is 0.278 e. The summed E-state index contributed by atoms with van der Waals surface area (Å²) in [6, 6.07) is 13.8. The lowest BCUT2D eigenvalue weighted by molar-refractivity contribution is -0.383. The van der Waals surface area contributed by atoms with Crippen LogP contribution < -0.4 is 11.1 Å². The summed E-state index contributed by atoms with van der Waals surface area (Å²) in [5.41, 5.74) is 8.47. The number of anilines is 3. The van der Waals surface area contributed by atoms with E-state index in [1.54, 1.807) is 36.5 Å². The van der Waals surface area contributed by atoms with E-state index in [1.165, 1.54) is 6.07 Å². The average molecular weight is 280 g/mol. The van der Waals surface area contributed by atoms with Crippen molar-refractivity contribution in [1.29, 1.82) is 0 Å². The zero-order chi connectivity index (χ0) is 14.8. The summed E-state index contributed by atoms with van der Waals surface area (Å²) >= 11 is 0. The summed E-state index contributed by atoms with van der Waals surface area (Å²) in [4.78, 5) is 14.9. The number of pyridine rings is 1. The van der Waals surface area contributed by atoms with Gasteiger partial charge in [-0.15, -0.1) is 0 Å². The Morgan fingerprint density at radius 3 is 2.76 bits per heavy atom. The van der Waals surface area contributed by atoms with Gasteiger partial charge in [0.25, 0.3) is 5.69 Å². The van der Waals surface area contributed by atoms with E-state index in [1.807, 2.05) is 12.1 Å². The maximum absolute atomic E-state index is 11.1. The van der Waals surface area contributed by atoms with Crippen LogP contribution in [0, 0.1) is 10.1 Å². The van der Waals surface area contributed by atoms with Gasteiger partial charge in [-0.1, -0.05) is 6.07 Å². The summed E-state index contributed by atoms with van der Waals surface area (Å²) in [5, 5.41) is 14.8. The zero-order valence-corrected chi connectivity index (χ0v) is 11.0. The topological polar surface area (TPSA) is 94.1 Å². The Morgan fingerprint density at radius 2 is 2.00 bits per heavy atom. The summed E-state index contributed by atoms with van der Waals surface area (Å²) < 4.78 is 0. The highest BCUT2D eigenvalue weighted by Gasteiger charge is 2.14. The van der Waals surface area contributed by atoms with Crippen LogP contribution in [0.25, 0.3) is 10.9 Å². The molecule has 0 unspecified atom stereocenters. The van der Waals surface area contributed by atoms with Crippen LogP contribution in [-0.4, -0.2) is 9.91 Å². The van der Waals surface area contributed by atoms with Gasteiger partial charge >= 0.3 is 0 Å². The second-order valence-corrected chi connectivity index (χ2v) is 4.54. The van der Waals surface area contributed by atoms with Gasteiger partial charge in [0.2, 0.25) is 0 Å². The number of nitro benzene ring substituents is 1. The molecular formula is C15H12N4O2. The molecule has 0 aliphatic rings. The molecule has 3 N–H and O–H groups in total. The Morgan fingerprint density at radius 1 is 1.14 bits per heavy atom. The molecule has 1 aromatic heterocycles. The van der Waals surface area contributed by atoms with E-state index in [4.69, 9.17) is 5.73 Å². The van der Waals surface area contributed by atoms with Gasteiger partial charge in [0.1, 0.15) is 5.52 Å². The Labute approximate surface area is 120 Å². The highest BCUT2D eigenvalue weighted by molar-refractivity contribution is 5.97. The molecule has 0 aliphatic carbocycles. The molecule has 0 fully saturated rings. The number of fused-ring (bicyclic) bond motifs is 1. The fourth-order valence-electron chi connectivity index (χ4n) is 2.19. The quantitative estimate of drug-likeness (QED) is 0.435. The molecule has 2 aromatic carbocycles. The molecule has 0 amide bonds. The first-order valence-corrected chi connectivity index (χ1v) is 6.30. The van der Waals surface area contributed by atoms with Crippen molar-refractivity contribution >= 4 is 33.7 Å². The summed E-state index contributed by atoms with van der Waals surface area (Å²) in [5.74, 6) is 0. The third-order valence-corrected chi connectivity index (χ3v) is 3.11. The molecule has 1 heterocycles. The van der Waals surface area contributed by atoms with Gasteiger partial charge < -0.3 is 11.1 Å². The molecule has 6 heteroatoms. The first-order valence-electron chi connectivity index (χ1n) is 6.30. The second kappa shape index (κ2) is 5.09. The van der Waals surface area contributed by atoms with Crippen molar-refractivity contribution in [1.82, 2.24) is 4.98 Å². The Hall–Kier alpha value is -3.15. The van der Waals surface area contributed by atoms with Gasteiger partial charge in [-0.2, -0.15) is 0 Å². The number of benzene rings is 2. The van der Waals surface area contributed by atoms with Crippen LogP contribution in [0.3, 0.4) is 0 Å². The number of hydrogen-bond donors (Lipinski definition) is 2. The number of nitrogens with zero attached hydrogens (tertiary/aromatic N) is 2. The SMILES string of the molecule is Nc1cccc(Nc2ccc([N+](=O)[O-])c3cccnc23)c1. The summed E-state index contributed by atoms with van der Waals surface area (Å²) in [6.45, 7) is 0. The van der Waals surface area contributed by atoms with Crippen molar-refractivity contribution in [2.45, 2.75) is 0 Å². The molecule has 21 heavy (non-hydrogen) atoms. The van der Waals surface area contributed by atoms with Crippen LogP contribution in [0.2, 0.25) is 0 Å². The number of nitrogens with two attached hydrogens (primary N) is 1. The highest BCUT2D eigenvalue weighted by atomic mass is 16.6. The minimum atomic E-state index is -0.408. The number of nitrogen functional groups attached to an aromatic ring is 1. The molecule has 3 rings (SSSR count). The number of non-ortho nitro benzene ring substituents is 1. The van der Waals surface area contributed by atoms with Crippen molar-refractivity contribution in [3.05, 3.63) is 64.8 Å². The Kier molecular flexibility index (Phi) is 3.12. The molecule has 3 aromatic rings. The smallest absolute Gasteiger partial charge is 0.278 e. The van der Waals surface area contributed by atoms with E-state index in [-0.39, 0.29) is 5.69 Å². The lowest BCUT2D eigenvalue weighted by Gasteiger charge is -2.09. The van der Waals surface area contributed by atoms with Gasteiger partial charge in [-0.25, -0.2) is 0 Å². The number of nitrogens with one attached hydrogen (secondary N) is 1. The van der Waals surface area contributed by atoms with Gasteiger partial charge in [0.05, 0.1) is 16.0 Å². The maximum atomic E-state index is 11.1.